The maximum Gasteiger partial charge on any atom is 0.216 e. The summed E-state index contributed by atoms with van der Waals surface area (Å²) in [5, 5.41) is 12.1. The third kappa shape index (κ3) is 4.08. The summed E-state index contributed by atoms with van der Waals surface area (Å²) in [6.07, 6.45) is 3.65. The van der Waals surface area contributed by atoms with Crippen molar-refractivity contribution >= 4 is 52.0 Å². The van der Waals surface area contributed by atoms with Gasteiger partial charge in [-0.3, -0.25) is 0 Å². The van der Waals surface area contributed by atoms with E-state index in [0.717, 1.165) is 15.6 Å². The van der Waals surface area contributed by atoms with Gasteiger partial charge in [-0.2, -0.15) is 14.9 Å². The second kappa shape index (κ2) is 7.70. The van der Waals surface area contributed by atoms with Gasteiger partial charge in [-0.1, -0.05) is 41.9 Å². The van der Waals surface area contributed by atoms with Gasteiger partial charge >= 0.3 is 0 Å². The van der Waals surface area contributed by atoms with Gasteiger partial charge < -0.3 is 0 Å². The fraction of sp³-hybridized carbons (Fsp3) is 0. The van der Waals surface area contributed by atoms with Gasteiger partial charge in [-0.25, -0.2) is 5.10 Å². The molecule has 0 amide bonds. The van der Waals surface area contributed by atoms with Gasteiger partial charge in [0.2, 0.25) is 4.77 Å². The molecule has 0 aliphatic carbocycles. The van der Waals surface area contributed by atoms with Crippen LogP contribution in [0.1, 0.15) is 5.56 Å². The van der Waals surface area contributed by atoms with Crippen LogP contribution in [0.5, 0.6) is 0 Å². The predicted octanol–water partition coefficient (Wildman–Crippen LogP) is 5.53. The van der Waals surface area contributed by atoms with Crippen LogP contribution in [0.15, 0.2) is 64.2 Å². The number of allylic oxidation sites excluding steroid dienone is 1. The van der Waals surface area contributed by atoms with E-state index in [1.165, 1.54) is 0 Å². The van der Waals surface area contributed by atoms with E-state index < -0.39 is 0 Å². The normalized spacial score (nSPS) is 12.0. The highest BCUT2D eigenvalue weighted by atomic mass is 79.9. The van der Waals surface area contributed by atoms with Crippen molar-refractivity contribution in [1.29, 1.82) is 0 Å². The number of H-pyrrole nitrogens is 1. The first-order valence-electron chi connectivity index (χ1n) is 7.03. The van der Waals surface area contributed by atoms with E-state index in [9.17, 15) is 0 Å². The van der Waals surface area contributed by atoms with Crippen molar-refractivity contribution < 1.29 is 0 Å². The van der Waals surface area contributed by atoms with E-state index in [-0.39, 0.29) is 0 Å². The Labute approximate surface area is 157 Å². The lowest BCUT2D eigenvalue weighted by Crippen LogP contribution is -1.94. The molecular weight excluding hydrogens is 408 g/mol. The van der Waals surface area contributed by atoms with Gasteiger partial charge in [0.15, 0.2) is 5.82 Å². The molecule has 0 spiro atoms. The van der Waals surface area contributed by atoms with Crippen LogP contribution >= 0.6 is 39.7 Å². The molecule has 0 saturated heterocycles. The monoisotopic (exact) mass is 418 g/mol. The molecule has 0 atom stereocenters. The lowest BCUT2D eigenvalue weighted by molar-refractivity contribution is 0.872. The zero-order chi connectivity index (χ0) is 16.9. The number of benzene rings is 2. The highest BCUT2D eigenvalue weighted by Gasteiger charge is 2.07. The second-order valence-corrected chi connectivity index (χ2v) is 6.59. The summed E-state index contributed by atoms with van der Waals surface area (Å²) < 4.78 is 2.80. The van der Waals surface area contributed by atoms with Crippen molar-refractivity contribution in [2.75, 3.05) is 0 Å². The van der Waals surface area contributed by atoms with Crippen molar-refractivity contribution in [3.63, 3.8) is 0 Å². The van der Waals surface area contributed by atoms with Gasteiger partial charge in [0, 0.05) is 15.1 Å². The lowest BCUT2D eigenvalue weighted by atomic mass is 10.2. The molecule has 1 N–H and O–H groups in total. The number of aromatic amines is 1. The van der Waals surface area contributed by atoms with Crippen molar-refractivity contribution in [3.8, 4) is 11.4 Å². The van der Waals surface area contributed by atoms with Crippen molar-refractivity contribution in [1.82, 2.24) is 14.9 Å². The SMILES string of the molecule is S=c1[nH]nc(-c2ccc(Cl)cc2)n1/N=C/C(Br)=Cc1ccccc1. The van der Waals surface area contributed by atoms with E-state index in [2.05, 4.69) is 31.2 Å². The van der Waals surface area contributed by atoms with Gasteiger partial charge in [0.1, 0.15) is 0 Å². The largest absolute Gasteiger partial charge is 0.250 e. The fourth-order valence-corrected chi connectivity index (χ4v) is 2.70. The Morgan fingerprint density at radius 2 is 1.88 bits per heavy atom. The number of aromatic nitrogens is 3. The number of nitrogens with one attached hydrogen (secondary N) is 1. The zero-order valence-electron chi connectivity index (χ0n) is 12.4. The minimum Gasteiger partial charge on any atom is -0.250 e. The summed E-state index contributed by atoms with van der Waals surface area (Å²) in [6.45, 7) is 0. The van der Waals surface area contributed by atoms with Crippen molar-refractivity contribution in [3.05, 3.63) is 74.4 Å². The molecule has 0 fully saturated rings. The van der Waals surface area contributed by atoms with Crippen LogP contribution < -0.4 is 0 Å². The van der Waals surface area contributed by atoms with Crippen LogP contribution in [0.2, 0.25) is 5.02 Å². The Hall–Kier alpha value is -2.02. The highest BCUT2D eigenvalue weighted by Crippen LogP contribution is 2.20. The molecule has 3 rings (SSSR count). The van der Waals surface area contributed by atoms with Gasteiger partial charge in [0.05, 0.1) is 6.21 Å². The summed E-state index contributed by atoms with van der Waals surface area (Å²) in [5.41, 5.74) is 1.94. The molecular formula is C17H12BrClN4S. The third-order valence-electron chi connectivity index (χ3n) is 3.15. The first-order chi connectivity index (χ1) is 11.6. The predicted molar refractivity (Wildman–Crippen MR) is 105 cm³/mol. The quantitative estimate of drug-likeness (QED) is 0.446. The molecule has 1 aromatic heterocycles. The van der Waals surface area contributed by atoms with E-state index in [0.29, 0.717) is 15.6 Å². The Bertz CT molecular complexity index is 943. The van der Waals surface area contributed by atoms with E-state index >= 15 is 0 Å². The van der Waals surface area contributed by atoms with Crippen LogP contribution in [0, 0.1) is 4.77 Å². The van der Waals surface area contributed by atoms with E-state index in [1.54, 1.807) is 23.0 Å². The number of rotatable bonds is 4. The van der Waals surface area contributed by atoms with Crippen LogP contribution in [-0.4, -0.2) is 21.1 Å². The lowest BCUT2D eigenvalue weighted by Gasteiger charge is -2.01. The van der Waals surface area contributed by atoms with Gasteiger partial charge in [-0.15, -0.1) is 0 Å². The summed E-state index contributed by atoms with van der Waals surface area (Å²) in [5.74, 6) is 0.618. The number of nitrogens with zero attached hydrogens (tertiary/aromatic N) is 3. The molecule has 4 nitrogen and oxygen atoms in total. The zero-order valence-corrected chi connectivity index (χ0v) is 15.5. The first-order valence-corrected chi connectivity index (χ1v) is 8.61. The molecule has 24 heavy (non-hydrogen) atoms. The Balaban J connectivity index is 1.90. The molecule has 0 aliphatic rings. The molecule has 7 heteroatoms. The maximum absolute atomic E-state index is 5.92. The summed E-state index contributed by atoms with van der Waals surface area (Å²) in [4.78, 5) is 0. The minimum atomic E-state index is 0.413. The fourth-order valence-electron chi connectivity index (χ4n) is 2.04. The average molecular weight is 420 g/mol. The smallest absolute Gasteiger partial charge is 0.216 e. The van der Waals surface area contributed by atoms with Crippen molar-refractivity contribution in [2.24, 2.45) is 5.10 Å². The highest BCUT2D eigenvalue weighted by molar-refractivity contribution is 9.12. The van der Waals surface area contributed by atoms with Gasteiger partial charge in [0.25, 0.3) is 0 Å². The molecule has 120 valence electrons. The number of halogens is 2. The Morgan fingerprint density at radius 3 is 2.58 bits per heavy atom. The molecule has 1 heterocycles. The van der Waals surface area contributed by atoms with Gasteiger partial charge in [-0.05, 0) is 64.1 Å². The summed E-state index contributed by atoms with van der Waals surface area (Å²) in [7, 11) is 0. The van der Waals surface area contributed by atoms with Crippen LogP contribution in [-0.2, 0) is 0 Å². The summed E-state index contributed by atoms with van der Waals surface area (Å²) >= 11 is 14.7. The molecule has 0 saturated carbocycles. The topological polar surface area (TPSA) is 46.0 Å². The number of hydrogen-bond acceptors (Lipinski definition) is 3. The van der Waals surface area contributed by atoms with Crippen LogP contribution in [0.3, 0.4) is 0 Å². The van der Waals surface area contributed by atoms with E-state index in [4.69, 9.17) is 23.8 Å². The van der Waals surface area contributed by atoms with Crippen LogP contribution in [0.25, 0.3) is 17.5 Å². The maximum atomic E-state index is 5.92. The molecule has 0 bridgehead atoms. The Kier molecular flexibility index (Phi) is 5.40. The second-order valence-electron chi connectivity index (χ2n) is 4.86. The minimum absolute atomic E-state index is 0.413. The molecule has 2 aromatic carbocycles. The standard InChI is InChI=1S/C17H12BrClN4S/c18-14(10-12-4-2-1-3-5-12)11-20-23-16(21-22-17(23)24)13-6-8-15(19)9-7-13/h1-11H,(H,22,24)/b14-10?,20-11+. The molecule has 0 unspecified atom stereocenters. The van der Waals surface area contributed by atoms with Crippen molar-refractivity contribution in [2.45, 2.75) is 0 Å². The molecule has 3 aromatic rings. The Morgan fingerprint density at radius 1 is 1.17 bits per heavy atom. The molecule has 0 radical (unpaired) electrons. The summed E-state index contributed by atoms with van der Waals surface area (Å²) in [6, 6.07) is 17.3. The molecule has 0 aliphatic heterocycles. The average Bonchev–Trinajstić information content (AvgIpc) is 2.95. The third-order valence-corrected chi connectivity index (χ3v) is 4.10. The van der Waals surface area contributed by atoms with E-state index in [1.807, 2.05) is 48.5 Å². The van der Waals surface area contributed by atoms with Crippen LogP contribution in [0.4, 0.5) is 0 Å². The first kappa shape index (κ1) is 16.8. The number of hydrogen-bond donors (Lipinski definition) is 1.